The van der Waals surface area contributed by atoms with Crippen molar-refractivity contribution >= 4 is 16.7 Å². The maximum Gasteiger partial charge on any atom is 0.230 e. The molecule has 1 aromatic rings. The number of fused-ring (bicyclic) bond motifs is 1. The van der Waals surface area contributed by atoms with Crippen LogP contribution in [0, 0.1) is 0 Å². The molecule has 1 amide bonds. The van der Waals surface area contributed by atoms with E-state index in [1.54, 1.807) is 0 Å². The Morgan fingerprint density at radius 2 is 2.10 bits per heavy atom. The third-order valence-corrected chi connectivity index (χ3v) is 6.47. The van der Waals surface area contributed by atoms with Crippen LogP contribution in [-0.4, -0.2) is 45.2 Å². The molecule has 4 atom stereocenters. The number of hydrogen-bond acceptors (Lipinski definition) is 3. The maximum atomic E-state index is 12.9. The van der Waals surface area contributed by atoms with Crippen LogP contribution in [0.5, 0.6) is 5.75 Å². The lowest BCUT2D eigenvalue weighted by Gasteiger charge is -2.40. The summed E-state index contributed by atoms with van der Waals surface area (Å²) < 4.78 is 17.5. The molecular weight excluding hydrogens is 286 g/mol. The number of para-hydroxylation sites is 1. The predicted molar refractivity (Wildman–Crippen MR) is 82.9 cm³/mol. The average Bonchev–Trinajstić information content (AvgIpc) is 2.51. The highest BCUT2D eigenvalue weighted by Gasteiger charge is 2.37. The highest BCUT2D eigenvalue weighted by atomic mass is 32.2. The second-order valence-corrected chi connectivity index (χ2v) is 7.70. The molecule has 3 rings (SSSR count). The Morgan fingerprint density at radius 1 is 1.33 bits per heavy atom. The van der Waals surface area contributed by atoms with Crippen LogP contribution in [0.3, 0.4) is 0 Å². The number of carbonyl (C=O) groups is 1. The molecule has 1 saturated heterocycles. The third-order valence-electron chi connectivity index (χ3n) is 4.66. The Bertz CT molecular complexity index is 574. The molecular formula is C16H21NO3S. The van der Waals surface area contributed by atoms with E-state index in [-0.39, 0.29) is 23.1 Å². The van der Waals surface area contributed by atoms with Crippen LogP contribution in [0.2, 0.25) is 0 Å². The summed E-state index contributed by atoms with van der Waals surface area (Å²) in [6.45, 7) is 5.15. The fraction of sp³-hybridized carbons (Fsp3) is 0.562. The molecule has 5 heteroatoms. The van der Waals surface area contributed by atoms with Crippen LogP contribution in [0.15, 0.2) is 24.3 Å². The minimum absolute atomic E-state index is 0.0297. The molecule has 21 heavy (non-hydrogen) atoms. The monoisotopic (exact) mass is 307 g/mol. The van der Waals surface area contributed by atoms with Gasteiger partial charge in [-0.2, -0.15) is 0 Å². The van der Waals surface area contributed by atoms with E-state index in [0.717, 1.165) is 17.7 Å². The Balaban J connectivity index is 1.85. The standard InChI is InChI=1S/C16H21NO3S/c1-11-12(2)21(19)10-8-17(11)16(18)14-7-9-20-15-6-4-3-5-13(14)15/h3-6,11-12,14H,7-10H2,1-2H3/t11-,12+,14+,21-/m1/s1. The smallest absolute Gasteiger partial charge is 0.230 e. The van der Waals surface area contributed by atoms with Crippen molar-refractivity contribution < 1.29 is 13.7 Å². The van der Waals surface area contributed by atoms with E-state index < -0.39 is 10.8 Å². The molecule has 1 fully saturated rings. The molecule has 0 unspecified atom stereocenters. The van der Waals surface area contributed by atoms with E-state index in [0.29, 0.717) is 18.9 Å². The van der Waals surface area contributed by atoms with Crippen molar-refractivity contribution in [1.82, 2.24) is 4.90 Å². The van der Waals surface area contributed by atoms with Gasteiger partial charge < -0.3 is 9.64 Å². The lowest BCUT2D eigenvalue weighted by molar-refractivity contribution is -0.135. The number of carbonyl (C=O) groups excluding carboxylic acids is 1. The lowest BCUT2D eigenvalue weighted by Crippen LogP contribution is -2.53. The highest BCUT2D eigenvalue weighted by molar-refractivity contribution is 7.85. The van der Waals surface area contributed by atoms with Gasteiger partial charge in [-0.15, -0.1) is 0 Å². The van der Waals surface area contributed by atoms with Crippen LogP contribution in [-0.2, 0) is 15.6 Å². The molecule has 2 heterocycles. The van der Waals surface area contributed by atoms with Gasteiger partial charge in [0.2, 0.25) is 5.91 Å². The normalized spacial score (nSPS) is 32.2. The molecule has 0 aliphatic carbocycles. The zero-order valence-corrected chi connectivity index (χ0v) is 13.3. The van der Waals surface area contributed by atoms with Crippen molar-refractivity contribution in [3.8, 4) is 5.75 Å². The van der Waals surface area contributed by atoms with Gasteiger partial charge in [-0.25, -0.2) is 0 Å². The number of rotatable bonds is 1. The van der Waals surface area contributed by atoms with Crippen molar-refractivity contribution in [2.24, 2.45) is 0 Å². The van der Waals surface area contributed by atoms with E-state index in [2.05, 4.69) is 0 Å². The maximum absolute atomic E-state index is 12.9. The van der Waals surface area contributed by atoms with E-state index in [4.69, 9.17) is 4.74 Å². The average molecular weight is 307 g/mol. The zero-order valence-electron chi connectivity index (χ0n) is 12.5. The molecule has 0 saturated carbocycles. The van der Waals surface area contributed by atoms with Crippen LogP contribution in [0.1, 0.15) is 31.7 Å². The van der Waals surface area contributed by atoms with Crippen LogP contribution >= 0.6 is 0 Å². The van der Waals surface area contributed by atoms with Crippen molar-refractivity contribution in [1.29, 1.82) is 0 Å². The molecule has 114 valence electrons. The predicted octanol–water partition coefficient (Wildman–Crippen LogP) is 1.92. The summed E-state index contributed by atoms with van der Waals surface area (Å²) >= 11 is 0. The Kier molecular flexibility index (Phi) is 4.02. The van der Waals surface area contributed by atoms with Crippen LogP contribution in [0.4, 0.5) is 0 Å². The van der Waals surface area contributed by atoms with E-state index in [1.807, 2.05) is 43.0 Å². The molecule has 0 radical (unpaired) electrons. The number of nitrogens with zero attached hydrogens (tertiary/aromatic N) is 1. The fourth-order valence-corrected chi connectivity index (χ4v) is 4.50. The van der Waals surface area contributed by atoms with Gasteiger partial charge in [0.25, 0.3) is 0 Å². The molecule has 0 bridgehead atoms. The van der Waals surface area contributed by atoms with E-state index >= 15 is 0 Å². The summed E-state index contributed by atoms with van der Waals surface area (Å²) in [7, 11) is -0.821. The van der Waals surface area contributed by atoms with Crippen LogP contribution < -0.4 is 4.74 Å². The molecule has 0 aromatic heterocycles. The number of benzene rings is 1. The molecule has 2 aliphatic heterocycles. The van der Waals surface area contributed by atoms with E-state index in [9.17, 15) is 9.00 Å². The van der Waals surface area contributed by atoms with Gasteiger partial charge in [-0.3, -0.25) is 9.00 Å². The van der Waals surface area contributed by atoms with Crippen molar-refractivity contribution in [2.75, 3.05) is 18.9 Å². The second kappa shape index (κ2) is 5.79. The summed E-state index contributed by atoms with van der Waals surface area (Å²) in [5, 5.41) is 0.0396. The topological polar surface area (TPSA) is 46.6 Å². The van der Waals surface area contributed by atoms with Crippen molar-refractivity contribution in [3.05, 3.63) is 29.8 Å². The minimum Gasteiger partial charge on any atom is -0.493 e. The molecule has 0 spiro atoms. The van der Waals surface area contributed by atoms with Gasteiger partial charge >= 0.3 is 0 Å². The van der Waals surface area contributed by atoms with E-state index in [1.165, 1.54) is 0 Å². The second-order valence-electron chi connectivity index (χ2n) is 5.79. The first kappa shape index (κ1) is 14.6. The largest absolute Gasteiger partial charge is 0.493 e. The first-order valence-corrected chi connectivity index (χ1v) is 8.87. The summed E-state index contributed by atoms with van der Waals surface area (Å²) in [5.41, 5.74) is 0.986. The lowest BCUT2D eigenvalue weighted by atomic mass is 9.91. The van der Waals surface area contributed by atoms with Crippen molar-refractivity contribution in [2.45, 2.75) is 37.5 Å². The Morgan fingerprint density at radius 3 is 2.90 bits per heavy atom. The Labute approximate surface area is 127 Å². The number of amides is 1. The van der Waals surface area contributed by atoms with Gasteiger partial charge in [0.1, 0.15) is 5.75 Å². The van der Waals surface area contributed by atoms with Gasteiger partial charge in [-0.05, 0) is 26.3 Å². The van der Waals surface area contributed by atoms with Gasteiger partial charge in [0.05, 0.1) is 17.8 Å². The molecule has 1 aromatic carbocycles. The fourth-order valence-electron chi connectivity index (χ4n) is 3.16. The minimum atomic E-state index is -0.821. The summed E-state index contributed by atoms with van der Waals surface area (Å²) in [6.07, 6.45) is 0.719. The summed E-state index contributed by atoms with van der Waals surface area (Å²) in [4.78, 5) is 14.9. The van der Waals surface area contributed by atoms with Crippen LogP contribution in [0.25, 0.3) is 0 Å². The summed E-state index contributed by atoms with van der Waals surface area (Å²) in [5.74, 6) is 1.43. The molecule has 0 N–H and O–H groups in total. The number of ether oxygens (including phenoxy) is 1. The van der Waals surface area contributed by atoms with Crippen molar-refractivity contribution in [3.63, 3.8) is 0 Å². The highest BCUT2D eigenvalue weighted by Crippen LogP contribution is 2.35. The van der Waals surface area contributed by atoms with Gasteiger partial charge in [0.15, 0.2) is 0 Å². The first-order chi connectivity index (χ1) is 10.1. The first-order valence-electron chi connectivity index (χ1n) is 7.49. The zero-order chi connectivity index (χ0) is 15.0. The number of hydrogen-bond donors (Lipinski definition) is 0. The van der Waals surface area contributed by atoms with Gasteiger partial charge in [0, 0.05) is 34.7 Å². The molecule has 4 nitrogen and oxygen atoms in total. The SMILES string of the molecule is C[C@@H]1[C@H](C)[S@](=O)CCN1C(=O)[C@H]1CCOc2ccccc21. The Hall–Kier alpha value is -1.36. The quantitative estimate of drug-likeness (QED) is 0.796. The summed E-state index contributed by atoms with van der Waals surface area (Å²) in [6, 6.07) is 7.81. The molecule has 2 aliphatic rings. The van der Waals surface area contributed by atoms with Gasteiger partial charge in [-0.1, -0.05) is 18.2 Å². The third kappa shape index (κ3) is 2.59.